The Hall–Kier alpha value is -5.03. The summed E-state index contributed by atoms with van der Waals surface area (Å²) in [6.45, 7) is 13.8. The summed E-state index contributed by atoms with van der Waals surface area (Å²) in [4.78, 5) is 59.9. The summed E-state index contributed by atoms with van der Waals surface area (Å²) in [7, 11) is 3.24. The number of fused-ring (bicyclic) bond motifs is 8. The lowest BCUT2D eigenvalue weighted by Gasteiger charge is -2.18. The summed E-state index contributed by atoms with van der Waals surface area (Å²) in [5, 5.41) is 21.9. The third kappa shape index (κ3) is 6.23. The van der Waals surface area contributed by atoms with E-state index in [1.54, 1.807) is 21.0 Å². The van der Waals surface area contributed by atoms with Crippen LogP contribution in [0.15, 0.2) is 24.8 Å². The molecule has 0 fully saturated rings. The first kappa shape index (κ1) is 33.3. The number of carbonyl (C=O) groups is 3. The maximum Gasteiger partial charge on any atom is 0.338 e. The molecule has 2 aliphatic rings. The molecule has 5 heterocycles. The van der Waals surface area contributed by atoms with Gasteiger partial charge in [-0.15, -0.1) is 5.06 Å². The van der Waals surface area contributed by atoms with Crippen molar-refractivity contribution in [2.24, 2.45) is 0 Å². The van der Waals surface area contributed by atoms with E-state index in [9.17, 15) is 24.6 Å². The van der Waals surface area contributed by atoms with Crippen LogP contribution in [0.5, 0.6) is 0 Å². The quantitative estimate of drug-likeness (QED) is 0.182. The predicted octanol–water partition coefficient (Wildman–Crippen LogP) is 6.93. The molecule has 11 nitrogen and oxygen atoms in total. The summed E-state index contributed by atoms with van der Waals surface area (Å²) in [6.07, 6.45) is 2.40. The molecule has 0 aromatic carbocycles. The van der Waals surface area contributed by atoms with Crippen LogP contribution >= 0.6 is 0 Å². The first-order chi connectivity index (χ1) is 22.2. The van der Waals surface area contributed by atoms with E-state index < -0.39 is 30.2 Å². The van der Waals surface area contributed by atoms with Crippen molar-refractivity contribution in [2.75, 3.05) is 14.1 Å². The fraction of sp³-hybridized carbons (Fsp3) is 0.361. The van der Waals surface area contributed by atoms with Gasteiger partial charge in [0.15, 0.2) is 0 Å². The maximum absolute atomic E-state index is 12.8. The first-order valence-electron chi connectivity index (χ1n) is 15.7. The van der Waals surface area contributed by atoms with E-state index in [1.165, 1.54) is 5.06 Å². The minimum absolute atomic E-state index is 0.0245. The van der Waals surface area contributed by atoms with Crippen LogP contribution in [0.2, 0.25) is 0 Å². The molecule has 3 aromatic heterocycles. The van der Waals surface area contributed by atoms with E-state index in [0.717, 1.165) is 39.0 Å². The number of hydroxylamine groups is 2. The second kappa shape index (κ2) is 13.0. The number of hydrogen-bond acceptors (Lipinski definition) is 7. The van der Waals surface area contributed by atoms with Gasteiger partial charge in [-0.05, 0) is 74.1 Å². The number of aliphatic carboxylic acids is 1. The van der Waals surface area contributed by atoms with Gasteiger partial charge in [0.25, 0.3) is 0 Å². The minimum Gasteiger partial charge on any atom is -0.481 e. The lowest BCUT2D eigenvalue weighted by molar-refractivity contribution is -0.178. The van der Waals surface area contributed by atoms with Crippen LogP contribution in [0.1, 0.15) is 107 Å². The molecule has 0 amide bonds. The van der Waals surface area contributed by atoms with E-state index in [4.69, 9.17) is 14.8 Å². The third-order valence-electron chi connectivity index (χ3n) is 9.22. The molecule has 0 saturated heterocycles. The normalized spacial score (nSPS) is 16.1. The molecule has 2 aliphatic heterocycles. The van der Waals surface area contributed by atoms with Crippen LogP contribution in [0, 0.1) is 13.8 Å². The van der Waals surface area contributed by atoms with Crippen molar-refractivity contribution in [1.29, 1.82) is 0 Å². The van der Waals surface area contributed by atoms with Gasteiger partial charge < -0.3 is 25.0 Å². The largest absolute Gasteiger partial charge is 0.481 e. The van der Waals surface area contributed by atoms with Gasteiger partial charge >= 0.3 is 17.9 Å². The Bertz CT molecular complexity index is 2020. The van der Waals surface area contributed by atoms with Crippen LogP contribution < -0.4 is 0 Å². The number of aromatic nitrogens is 4. The van der Waals surface area contributed by atoms with Gasteiger partial charge in [0.05, 0.1) is 34.6 Å². The van der Waals surface area contributed by atoms with Crippen LogP contribution in [0.4, 0.5) is 0 Å². The molecule has 8 bridgehead atoms. The zero-order chi connectivity index (χ0) is 34.3. The summed E-state index contributed by atoms with van der Waals surface area (Å²) < 4.78 is 0. The van der Waals surface area contributed by atoms with Crippen molar-refractivity contribution >= 4 is 57.2 Å². The molecule has 0 aliphatic carbocycles. The van der Waals surface area contributed by atoms with Gasteiger partial charge in [0.2, 0.25) is 0 Å². The number of rotatable bonds is 9. The Morgan fingerprint density at radius 1 is 1.00 bits per heavy atom. The van der Waals surface area contributed by atoms with Crippen LogP contribution in [0.25, 0.3) is 39.3 Å². The highest BCUT2D eigenvalue weighted by atomic mass is 16.7. The van der Waals surface area contributed by atoms with Crippen molar-refractivity contribution in [2.45, 2.75) is 72.1 Å². The first-order valence-corrected chi connectivity index (χ1v) is 15.7. The van der Waals surface area contributed by atoms with Crippen molar-refractivity contribution in [3.63, 3.8) is 0 Å². The Morgan fingerprint density at radius 2 is 1.68 bits per heavy atom. The number of nitrogens with zero attached hydrogens (tertiary/aromatic N) is 3. The van der Waals surface area contributed by atoms with Gasteiger partial charge in [-0.1, -0.05) is 26.5 Å². The number of carbonyl (C=O) groups excluding carboxylic acids is 1. The average Bonchev–Trinajstić information content (AvgIpc) is 3.67. The molecule has 0 spiro atoms. The van der Waals surface area contributed by atoms with E-state index in [1.807, 2.05) is 52.0 Å². The molecule has 246 valence electrons. The highest BCUT2D eigenvalue weighted by molar-refractivity contribution is 6.02. The lowest BCUT2D eigenvalue weighted by atomic mass is 9.85. The topological polar surface area (TPSA) is 161 Å². The Labute approximate surface area is 273 Å². The zero-order valence-corrected chi connectivity index (χ0v) is 27.9. The van der Waals surface area contributed by atoms with Crippen molar-refractivity contribution in [3.8, 4) is 0 Å². The SMILES string of the molecule is C=Cc1c(C)c2cc3nc(c(CC(=O)O)c4[nH]c(cc5nc(cc1[nH]2)C(C)=C5CC)c(C)c4C(=O)O)C(CCC(=O)ON(C)C)[C@@H]3C. The molecule has 0 saturated carbocycles. The van der Waals surface area contributed by atoms with Gasteiger partial charge in [0.1, 0.15) is 0 Å². The Kier molecular flexibility index (Phi) is 9.22. The standard InChI is InChI=1S/C36H41N5O6/c1-9-21-17(3)25-14-27-19(5)23(11-12-32(44)47-41(7)8)34(39-27)24(13-31(42)43)35-33(36(45)46)20(6)28(40-35)16-30-22(10-2)18(4)26(38-30)15-29(21)37-25/h9,14-16,19,23,37,40H,1,10-13H2,2-8H3,(H,42,43)(H,45,46)/t19-,23?/m0/s1. The molecule has 3 aromatic rings. The van der Waals surface area contributed by atoms with Crippen LogP contribution in [-0.4, -0.2) is 67.2 Å². The number of aryl methyl sites for hydroxylation is 2. The Balaban J connectivity index is 1.96. The summed E-state index contributed by atoms with van der Waals surface area (Å²) >= 11 is 0. The molecule has 47 heavy (non-hydrogen) atoms. The monoisotopic (exact) mass is 639 g/mol. The molecule has 1 unspecified atom stereocenters. The van der Waals surface area contributed by atoms with E-state index >= 15 is 0 Å². The number of hydrogen-bond donors (Lipinski definition) is 4. The maximum atomic E-state index is 12.8. The van der Waals surface area contributed by atoms with Crippen LogP contribution in [-0.2, 0) is 20.8 Å². The van der Waals surface area contributed by atoms with E-state index in [-0.39, 0.29) is 29.0 Å². The molecule has 2 atom stereocenters. The average molecular weight is 640 g/mol. The number of aromatic amines is 2. The number of H-pyrrole nitrogens is 2. The summed E-state index contributed by atoms with van der Waals surface area (Å²) in [5.41, 5.74) is 9.57. The fourth-order valence-electron chi connectivity index (χ4n) is 6.77. The highest BCUT2D eigenvalue weighted by Crippen LogP contribution is 2.43. The molecule has 4 N–H and O–H groups in total. The smallest absolute Gasteiger partial charge is 0.338 e. The molecule has 5 rings (SSSR count). The lowest BCUT2D eigenvalue weighted by Crippen LogP contribution is -2.19. The van der Waals surface area contributed by atoms with Gasteiger partial charge in [0, 0.05) is 65.7 Å². The summed E-state index contributed by atoms with van der Waals surface area (Å²) in [6, 6.07) is 5.78. The van der Waals surface area contributed by atoms with Crippen molar-refractivity contribution in [1.82, 2.24) is 25.0 Å². The molecule has 11 heteroatoms. The molecule has 0 radical (unpaired) electrons. The van der Waals surface area contributed by atoms with Gasteiger partial charge in [-0.25, -0.2) is 9.78 Å². The fourth-order valence-corrected chi connectivity index (χ4v) is 6.77. The number of allylic oxidation sites excluding steroid dienone is 2. The number of carboxylic acid groups (broad SMARTS) is 2. The molecular formula is C36H41N5O6. The number of carboxylic acids is 2. The number of nitrogens with one attached hydrogen (secondary N) is 2. The van der Waals surface area contributed by atoms with E-state index in [2.05, 4.69) is 16.5 Å². The van der Waals surface area contributed by atoms with Crippen molar-refractivity contribution < 1.29 is 29.4 Å². The molecular weight excluding hydrogens is 598 g/mol. The Morgan fingerprint density at radius 3 is 2.30 bits per heavy atom. The second-order valence-electron chi connectivity index (χ2n) is 12.4. The zero-order valence-electron chi connectivity index (χ0n) is 27.9. The highest BCUT2D eigenvalue weighted by Gasteiger charge is 2.34. The van der Waals surface area contributed by atoms with Gasteiger partial charge in [-0.2, -0.15) is 0 Å². The predicted molar refractivity (Wildman–Crippen MR) is 182 cm³/mol. The van der Waals surface area contributed by atoms with E-state index in [0.29, 0.717) is 41.0 Å². The third-order valence-corrected chi connectivity index (χ3v) is 9.22. The number of aromatic carboxylic acids is 1. The minimum atomic E-state index is -1.19. The summed E-state index contributed by atoms with van der Waals surface area (Å²) in [5.74, 6) is -3.39. The van der Waals surface area contributed by atoms with Crippen molar-refractivity contribution in [3.05, 3.63) is 75.4 Å². The second-order valence-corrected chi connectivity index (χ2v) is 12.4. The van der Waals surface area contributed by atoms with Gasteiger partial charge in [-0.3, -0.25) is 14.6 Å². The van der Waals surface area contributed by atoms with Crippen LogP contribution in [0.3, 0.4) is 0 Å².